The van der Waals surface area contributed by atoms with Gasteiger partial charge in [-0.2, -0.15) is 5.10 Å². The molecule has 2 aromatic rings. The van der Waals surface area contributed by atoms with Crippen molar-refractivity contribution >= 4 is 29.2 Å². The molecule has 3 N–H and O–H groups in total. The van der Waals surface area contributed by atoms with E-state index in [1.165, 1.54) is 0 Å². The first-order valence-electron chi connectivity index (χ1n) is 6.80. The van der Waals surface area contributed by atoms with Gasteiger partial charge in [-0.3, -0.25) is 9.48 Å². The van der Waals surface area contributed by atoms with E-state index >= 15 is 0 Å². The minimum absolute atomic E-state index is 0. The molecule has 21 heavy (non-hydrogen) atoms. The van der Waals surface area contributed by atoms with Gasteiger partial charge in [0.15, 0.2) is 0 Å². The van der Waals surface area contributed by atoms with E-state index in [0.29, 0.717) is 13.1 Å². The molecule has 1 aromatic carbocycles. The number of nitrogens with zero attached hydrogens (tertiary/aromatic N) is 2. The Bertz CT molecular complexity index is 583. The lowest BCUT2D eigenvalue weighted by Crippen LogP contribution is -2.36. The molecule has 0 spiro atoms. The van der Waals surface area contributed by atoms with Gasteiger partial charge < -0.3 is 15.7 Å². The minimum atomic E-state index is -0.373. The Morgan fingerprint density at radius 3 is 2.95 bits per heavy atom. The van der Waals surface area contributed by atoms with Crippen molar-refractivity contribution in [2.24, 2.45) is 5.92 Å². The number of fused-ring (bicyclic) bond motifs is 1. The molecule has 6 nitrogen and oxygen atoms in total. The Morgan fingerprint density at radius 2 is 2.24 bits per heavy atom. The number of aliphatic hydroxyl groups is 1. The van der Waals surface area contributed by atoms with Crippen molar-refractivity contribution in [1.29, 1.82) is 0 Å². The quantitative estimate of drug-likeness (QED) is 0.751. The van der Waals surface area contributed by atoms with Crippen LogP contribution in [0, 0.1) is 5.92 Å². The van der Waals surface area contributed by atoms with E-state index in [1.807, 2.05) is 30.5 Å². The number of aromatic nitrogens is 2. The third-order valence-corrected chi connectivity index (χ3v) is 3.63. The molecule has 3 rings (SSSR count). The number of β-amino-alcohol motifs (C(OH)–C–C–N with tert-alkyl or cyclic N) is 1. The Labute approximate surface area is 128 Å². The molecule has 1 aliphatic rings. The number of hydrogen-bond donors (Lipinski definition) is 3. The van der Waals surface area contributed by atoms with Crippen LogP contribution >= 0.6 is 12.4 Å². The van der Waals surface area contributed by atoms with Gasteiger partial charge in [0.2, 0.25) is 5.91 Å². The number of aliphatic hydroxyl groups excluding tert-OH is 1. The number of carbonyl (C=O) groups is 1. The van der Waals surface area contributed by atoms with Gasteiger partial charge in [-0.15, -0.1) is 12.4 Å². The fraction of sp³-hybridized carbons (Fsp3) is 0.429. The molecule has 1 fully saturated rings. The van der Waals surface area contributed by atoms with Crippen LogP contribution in [0.15, 0.2) is 30.5 Å². The van der Waals surface area contributed by atoms with Gasteiger partial charge >= 0.3 is 0 Å². The molecule has 0 saturated carbocycles. The summed E-state index contributed by atoms with van der Waals surface area (Å²) < 4.78 is 1.64. The Kier molecular flexibility index (Phi) is 5.17. The number of benzene rings is 1. The predicted molar refractivity (Wildman–Crippen MR) is 82.4 cm³/mol. The highest BCUT2D eigenvalue weighted by Gasteiger charge is 2.24. The summed E-state index contributed by atoms with van der Waals surface area (Å²) >= 11 is 0. The Morgan fingerprint density at radius 1 is 1.43 bits per heavy atom. The van der Waals surface area contributed by atoms with Crippen molar-refractivity contribution in [3.05, 3.63) is 30.5 Å². The molecular formula is C14H19ClN4O2. The van der Waals surface area contributed by atoms with Gasteiger partial charge in [0, 0.05) is 37.1 Å². The zero-order valence-electron chi connectivity index (χ0n) is 11.5. The lowest BCUT2D eigenvalue weighted by Gasteiger charge is -2.13. The molecule has 2 heterocycles. The second-order valence-corrected chi connectivity index (χ2v) is 5.18. The Balaban J connectivity index is 0.00000161. The molecule has 2 unspecified atom stereocenters. The third kappa shape index (κ3) is 3.72. The zero-order chi connectivity index (χ0) is 13.9. The van der Waals surface area contributed by atoms with E-state index in [9.17, 15) is 9.90 Å². The normalized spacial score (nSPS) is 21.2. The standard InChI is InChI=1S/C14H18N4O2.ClH/c19-13-7-15-5-11(13)6-16-14(20)9-18-8-10-3-1-2-4-12(10)17-18;/h1-4,8,11,13,15,19H,5-7,9H2,(H,16,20);1H. The molecule has 0 radical (unpaired) electrons. The van der Waals surface area contributed by atoms with Crippen molar-refractivity contribution in [3.63, 3.8) is 0 Å². The summed E-state index contributed by atoms with van der Waals surface area (Å²) in [4.78, 5) is 11.9. The van der Waals surface area contributed by atoms with Crippen LogP contribution in [0.2, 0.25) is 0 Å². The minimum Gasteiger partial charge on any atom is -0.391 e. The fourth-order valence-electron chi connectivity index (χ4n) is 2.47. The molecule has 0 aliphatic carbocycles. The highest BCUT2D eigenvalue weighted by atomic mass is 35.5. The highest BCUT2D eigenvalue weighted by molar-refractivity contribution is 5.85. The van der Waals surface area contributed by atoms with Gasteiger partial charge in [-0.1, -0.05) is 18.2 Å². The summed E-state index contributed by atoms with van der Waals surface area (Å²) in [7, 11) is 0. The molecule has 114 valence electrons. The smallest absolute Gasteiger partial charge is 0.241 e. The maximum Gasteiger partial charge on any atom is 0.241 e. The highest BCUT2D eigenvalue weighted by Crippen LogP contribution is 2.10. The van der Waals surface area contributed by atoms with Crippen LogP contribution in [0.25, 0.3) is 10.9 Å². The van der Waals surface area contributed by atoms with Gasteiger partial charge in [0.1, 0.15) is 6.54 Å². The maximum absolute atomic E-state index is 11.9. The van der Waals surface area contributed by atoms with Crippen molar-refractivity contribution in [1.82, 2.24) is 20.4 Å². The SMILES string of the molecule is Cl.O=C(Cn1cc2ccccc2n1)NCC1CNCC1O. The van der Waals surface area contributed by atoms with Crippen LogP contribution in [0.5, 0.6) is 0 Å². The van der Waals surface area contributed by atoms with Crippen molar-refractivity contribution in [2.75, 3.05) is 19.6 Å². The first-order valence-corrected chi connectivity index (χ1v) is 6.80. The summed E-state index contributed by atoms with van der Waals surface area (Å²) in [5.41, 5.74) is 0.885. The van der Waals surface area contributed by atoms with Gasteiger partial charge in [-0.25, -0.2) is 0 Å². The summed E-state index contributed by atoms with van der Waals surface area (Å²) in [6.45, 7) is 2.04. The topological polar surface area (TPSA) is 79.2 Å². The zero-order valence-corrected chi connectivity index (χ0v) is 12.3. The van der Waals surface area contributed by atoms with Crippen molar-refractivity contribution < 1.29 is 9.90 Å². The fourth-order valence-corrected chi connectivity index (χ4v) is 2.47. The van der Waals surface area contributed by atoms with Crippen molar-refractivity contribution in [3.8, 4) is 0 Å². The van der Waals surface area contributed by atoms with E-state index in [1.54, 1.807) is 4.68 Å². The predicted octanol–water partition coefficient (Wildman–Crippen LogP) is 0.155. The van der Waals surface area contributed by atoms with E-state index in [-0.39, 0.29) is 36.9 Å². The molecule has 1 amide bonds. The maximum atomic E-state index is 11.9. The van der Waals surface area contributed by atoms with Crippen LogP contribution in [0.1, 0.15) is 0 Å². The van der Waals surface area contributed by atoms with E-state index in [4.69, 9.17) is 0 Å². The lowest BCUT2D eigenvalue weighted by atomic mass is 10.1. The van der Waals surface area contributed by atoms with Gasteiger partial charge in [0.25, 0.3) is 0 Å². The molecular weight excluding hydrogens is 292 g/mol. The van der Waals surface area contributed by atoms with Crippen LogP contribution in [0.3, 0.4) is 0 Å². The van der Waals surface area contributed by atoms with E-state index in [0.717, 1.165) is 17.4 Å². The second-order valence-electron chi connectivity index (χ2n) is 5.18. The number of rotatable bonds is 4. The molecule has 7 heteroatoms. The van der Waals surface area contributed by atoms with E-state index in [2.05, 4.69) is 15.7 Å². The molecule has 2 atom stereocenters. The molecule has 1 aliphatic heterocycles. The summed E-state index contributed by atoms with van der Waals surface area (Å²) in [6.07, 6.45) is 1.49. The number of halogens is 1. The summed E-state index contributed by atoms with van der Waals surface area (Å²) in [6, 6.07) is 7.76. The lowest BCUT2D eigenvalue weighted by molar-refractivity contribution is -0.122. The number of amides is 1. The number of hydrogen-bond acceptors (Lipinski definition) is 4. The van der Waals surface area contributed by atoms with Crippen LogP contribution in [-0.4, -0.2) is 46.5 Å². The Hall–Kier alpha value is -1.63. The number of nitrogens with one attached hydrogen (secondary N) is 2. The average molecular weight is 311 g/mol. The monoisotopic (exact) mass is 310 g/mol. The molecule has 1 saturated heterocycles. The van der Waals surface area contributed by atoms with Crippen LogP contribution in [-0.2, 0) is 11.3 Å². The summed E-state index contributed by atoms with van der Waals surface area (Å²) in [5.74, 6) is 0.00699. The second kappa shape index (κ2) is 6.89. The van der Waals surface area contributed by atoms with Crippen molar-refractivity contribution in [2.45, 2.75) is 12.6 Å². The van der Waals surface area contributed by atoms with Gasteiger partial charge in [-0.05, 0) is 6.07 Å². The first-order chi connectivity index (χ1) is 9.72. The van der Waals surface area contributed by atoms with E-state index < -0.39 is 0 Å². The van der Waals surface area contributed by atoms with Crippen LogP contribution in [0.4, 0.5) is 0 Å². The van der Waals surface area contributed by atoms with Gasteiger partial charge in [0.05, 0.1) is 11.6 Å². The number of carbonyl (C=O) groups excluding carboxylic acids is 1. The van der Waals surface area contributed by atoms with Crippen LogP contribution < -0.4 is 10.6 Å². The molecule has 0 bridgehead atoms. The largest absolute Gasteiger partial charge is 0.391 e. The first kappa shape index (κ1) is 15.8. The molecule has 1 aromatic heterocycles. The summed E-state index contributed by atoms with van der Waals surface area (Å²) in [5, 5.41) is 21.0. The average Bonchev–Trinajstić information content (AvgIpc) is 3.01. The third-order valence-electron chi connectivity index (χ3n) is 3.63.